The lowest BCUT2D eigenvalue weighted by molar-refractivity contribution is 0.669. The molecule has 0 spiro atoms. The molecule has 3 heteroatoms. The summed E-state index contributed by atoms with van der Waals surface area (Å²) in [6, 6.07) is 21.0. The minimum Gasteiger partial charge on any atom is -0.456 e. The Hall–Kier alpha value is -5.02. The van der Waals surface area contributed by atoms with Crippen molar-refractivity contribution in [1.29, 1.82) is 0 Å². The van der Waals surface area contributed by atoms with Crippen molar-refractivity contribution in [1.82, 2.24) is 0 Å². The van der Waals surface area contributed by atoms with Gasteiger partial charge in [-0.1, -0.05) is 105 Å². The second-order valence-corrected chi connectivity index (χ2v) is 10.9. The van der Waals surface area contributed by atoms with Crippen LogP contribution in [0.4, 0.5) is 5.69 Å². The number of rotatable bonds is 2. The molecule has 4 aromatic rings. The molecule has 214 valence electrons. The van der Waals surface area contributed by atoms with Crippen molar-refractivity contribution in [2.24, 2.45) is 5.73 Å². The van der Waals surface area contributed by atoms with Crippen LogP contribution in [0.15, 0.2) is 148 Å². The van der Waals surface area contributed by atoms with E-state index in [0.29, 0.717) is 5.82 Å². The molecule has 3 aliphatic rings. The van der Waals surface area contributed by atoms with Crippen molar-refractivity contribution >= 4 is 39.3 Å². The van der Waals surface area contributed by atoms with Crippen molar-refractivity contribution < 1.29 is 4.42 Å². The van der Waals surface area contributed by atoms with Gasteiger partial charge in [0, 0.05) is 29.0 Å². The number of benzene rings is 3. The average Bonchev–Trinajstić information content (AvgIpc) is 3.44. The molecule has 7 rings (SSSR count). The Labute approximate surface area is 254 Å². The largest absolute Gasteiger partial charge is 0.456 e. The molecule has 0 saturated carbocycles. The van der Waals surface area contributed by atoms with E-state index >= 15 is 0 Å². The minimum absolute atomic E-state index is 0.683. The topological polar surface area (TPSA) is 42.4 Å². The first kappa shape index (κ1) is 28.1. The van der Waals surface area contributed by atoms with Gasteiger partial charge in [0.2, 0.25) is 0 Å². The molecule has 2 aliphatic carbocycles. The highest BCUT2D eigenvalue weighted by Crippen LogP contribution is 2.42. The van der Waals surface area contributed by atoms with E-state index in [0.717, 1.165) is 69.2 Å². The summed E-state index contributed by atoms with van der Waals surface area (Å²) in [6.45, 7) is 8.64. The standard InChI is InChI=1S/C38H32N2O.C2H6/c1-25-22-29(30-17-16-27-12-6-7-13-28(27)24-30)18-19-31(23-26-10-4-3-5-11-26)38(39)40(2)33-20-21-35-37(36(25)33)32-14-8-9-15-34(32)41-35;1-2/h3-10,12-15,18-24H,1,11,16-17,39H2,2H3;1-2H3/b19-18-,26-23-,29-22+,38-31+;. The van der Waals surface area contributed by atoms with Crippen LogP contribution in [0.3, 0.4) is 0 Å². The molecule has 0 atom stereocenters. The molecule has 43 heavy (non-hydrogen) atoms. The van der Waals surface area contributed by atoms with Crippen LogP contribution < -0.4 is 10.6 Å². The minimum atomic E-state index is 0.683. The van der Waals surface area contributed by atoms with E-state index in [2.05, 4.69) is 109 Å². The van der Waals surface area contributed by atoms with Gasteiger partial charge in [-0.25, -0.2) is 0 Å². The van der Waals surface area contributed by atoms with E-state index in [1.54, 1.807) is 0 Å². The van der Waals surface area contributed by atoms with Gasteiger partial charge in [0.25, 0.3) is 0 Å². The molecular formula is C40H38N2O. The predicted molar refractivity (Wildman–Crippen MR) is 185 cm³/mol. The van der Waals surface area contributed by atoms with E-state index in [9.17, 15) is 0 Å². The average molecular weight is 563 g/mol. The van der Waals surface area contributed by atoms with Crippen LogP contribution in [-0.4, -0.2) is 7.05 Å². The Balaban J connectivity index is 0.00000161. The highest BCUT2D eigenvalue weighted by Gasteiger charge is 2.22. The van der Waals surface area contributed by atoms with Gasteiger partial charge in [-0.05, 0) is 83.0 Å². The molecule has 3 aromatic carbocycles. The van der Waals surface area contributed by atoms with Gasteiger partial charge in [-0.15, -0.1) is 0 Å². The van der Waals surface area contributed by atoms with E-state index < -0.39 is 0 Å². The maximum absolute atomic E-state index is 6.99. The first-order valence-electron chi connectivity index (χ1n) is 15.2. The van der Waals surface area contributed by atoms with Gasteiger partial charge in [-0.3, -0.25) is 0 Å². The molecule has 2 heterocycles. The summed E-state index contributed by atoms with van der Waals surface area (Å²) in [5.41, 5.74) is 19.0. The molecule has 2 N–H and O–H groups in total. The van der Waals surface area contributed by atoms with Crippen LogP contribution in [0.1, 0.15) is 43.4 Å². The number of aryl methyl sites for hydroxylation is 1. The molecule has 0 amide bonds. The fourth-order valence-electron chi connectivity index (χ4n) is 6.12. The number of allylic oxidation sites excluding steroid dienone is 13. The summed E-state index contributed by atoms with van der Waals surface area (Å²) < 4.78 is 6.29. The number of hydrogen-bond donors (Lipinski definition) is 1. The van der Waals surface area contributed by atoms with Crippen molar-refractivity contribution in [2.75, 3.05) is 11.9 Å². The summed E-state index contributed by atoms with van der Waals surface area (Å²) in [5, 5.41) is 2.14. The predicted octanol–water partition coefficient (Wildman–Crippen LogP) is 10.2. The van der Waals surface area contributed by atoms with Crippen LogP contribution in [0.5, 0.6) is 0 Å². The van der Waals surface area contributed by atoms with Crippen molar-refractivity contribution in [2.45, 2.75) is 33.1 Å². The van der Waals surface area contributed by atoms with Crippen molar-refractivity contribution in [3.63, 3.8) is 0 Å². The second-order valence-electron chi connectivity index (χ2n) is 10.9. The number of nitrogens with two attached hydrogens (primary N) is 1. The Bertz CT molecular complexity index is 1950. The molecule has 0 bridgehead atoms. The van der Waals surface area contributed by atoms with Crippen LogP contribution >= 0.6 is 0 Å². The van der Waals surface area contributed by atoms with Gasteiger partial charge in [-0.2, -0.15) is 0 Å². The highest BCUT2D eigenvalue weighted by atomic mass is 16.3. The third-order valence-electron chi connectivity index (χ3n) is 8.30. The number of furan rings is 1. The van der Waals surface area contributed by atoms with Crippen LogP contribution in [0, 0.1) is 0 Å². The summed E-state index contributed by atoms with van der Waals surface area (Å²) in [4.78, 5) is 2.08. The van der Waals surface area contributed by atoms with Gasteiger partial charge in [0.1, 0.15) is 17.0 Å². The molecule has 1 aliphatic heterocycles. The number of anilines is 1. The Morgan fingerprint density at radius 3 is 2.51 bits per heavy atom. The van der Waals surface area contributed by atoms with Gasteiger partial charge in [0.05, 0.1) is 5.69 Å². The first-order chi connectivity index (χ1) is 21.1. The third kappa shape index (κ3) is 5.35. The molecule has 0 saturated heterocycles. The summed E-state index contributed by atoms with van der Waals surface area (Å²) in [5.74, 6) is 0.683. The van der Waals surface area contributed by atoms with E-state index in [1.165, 1.54) is 22.3 Å². The number of fused-ring (bicyclic) bond motifs is 6. The summed E-state index contributed by atoms with van der Waals surface area (Å²) in [6.07, 6.45) is 22.5. The van der Waals surface area contributed by atoms with Crippen LogP contribution in [0.2, 0.25) is 0 Å². The van der Waals surface area contributed by atoms with Gasteiger partial charge in [0.15, 0.2) is 0 Å². The summed E-state index contributed by atoms with van der Waals surface area (Å²) in [7, 11) is 2.03. The highest BCUT2D eigenvalue weighted by molar-refractivity contribution is 6.13. The Kier molecular flexibility index (Phi) is 7.89. The van der Waals surface area contributed by atoms with Crippen LogP contribution in [0.25, 0.3) is 33.6 Å². The maximum Gasteiger partial charge on any atom is 0.136 e. The Morgan fingerprint density at radius 2 is 1.67 bits per heavy atom. The van der Waals surface area contributed by atoms with Crippen molar-refractivity contribution in [3.8, 4) is 0 Å². The molecule has 3 nitrogen and oxygen atoms in total. The summed E-state index contributed by atoms with van der Waals surface area (Å²) >= 11 is 0. The lowest BCUT2D eigenvalue weighted by atomic mass is 9.86. The second kappa shape index (κ2) is 12.1. The SMILES string of the molecule is C=C1\C=C(C2=Cc3ccccc3CC2)/C=C\C(\C=C2\C=CC=CC2)=C(\N)N(C)c2ccc3oc4ccccc4c3c21.CC. The van der Waals surface area contributed by atoms with E-state index in [4.69, 9.17) is 10.2 Å². The first-order valence-corrected chi connectivity index (χ1v) is 15.2. The van der Waals surface area contributed by atoms with Gasteiger partial charge >= 0.3 is 0 Å². The molecular weight excluding hydrogens is 524 g/mol. The van der Waals surface area contributed by atoms with Crippen LogP contribution in [-0.2, 0) is 6.42 Å². The van der Waals surface area contributed by atoms with E-state index in [1.807, 2.05) is 39.1 Å². The number of hydrogen-bond acceptors (Lipinski definition) is 3. The lowest BCUT2D eigenvalue weighted by Crippen LogP contribution is -2.25. The lowest BCUT2D eigenvalue weighted by Gasteiger charge is -2.26. The molecule has 0 radical (unpaired) electrons. The fraction of sp³-hybridized carbons (Fsp3) is 0.150. The maximum atomic E-state index is 6.99. The third-order valence-corrected chi connectivity index (χ3v) is 8.30. The molecule has 0 unspecified atom stereocenters. The number of nitrogens with zero attached hydrogens (tertiary/aromatic N) is 1. The number of para-hydroxylation sites is 1. The molecule has 1 aromatic heterocycles. The molecule has 0 fully saturated rings. The fourth-order valence-corrected chi connectivity index (χ4v) is 6.12. The Morgan fingerprint density at radius 1 is 0.860 bits per heavy atom. The monoisotopic (exact) mass is 562 g/mol. The normalized spacial score (nSPS) is 21.0. The zero-order valence-electron chi connectivity index (χ0n) is 25.2. The quantitative estimate of drug-likeness (QED) is 0.264. The zero-order chi connectivity index (χ0) is 29.9. The zero-order valence-corrected chi connectivity index (χ0v) is 25.2. The van der Waals surface area contributed by atoms with E-state index in [-0.39, 0.29) is 0 Å². The smallest absolute Gasteiger partial charge is 0.136 e. The van der Waals surface area contributed by atoms with Crippen molar-refractivity contribution in [3.05, 3.63) is 161 Å². The van der Waals surface area contributed by atoms with Gasteiger partial charge < -0.3 is 15.1 Å².